The van der Waals surface area contributed by atoms with Crippen molar-refractivity contribution < 1.29 is 0 Å². The molecule has 1 saturated carbocycles. The predicted molar refractivity (Wildman–Crippen MR) is 40.7 cm³/mol. The molecule has 0 amide bonds. The smallest absolute Gasteiger partial charge is 0.00157 e. The molecular formula is C9H15N. The number of hydrogen-bond donors (Lipinski definition) is 0. The number of rotatable bonds is 0. The second-order valence-electron chi connectivity index (χ2n) is 4.50. The van der Waals surface area contributed by atoms with Crippen LogP contribution in [0.1, 0.15) is 13.3 Å². The van der Waals surface area contributed by atoms with Crippen molar-refractivity contribution in [1.82, 2.24) is 4.90 Å². The van der Waals surface area contributed by atoms with E-state index in [-0.39, 0.29) is 0 Å². The van der Waals surface area contributed by atoms with Crippen molar-refractivity contribution in [1.29, 1.82) is 0 Å². The van der Waals surface area contributed by atoms with Crippen LogP contribution in [0.25, 0.3) is 0 Å². The Kier molecular flexibility index (Phi) is 0.883. The fraction of sp³-hybridized carbons (Fsp3) is 1.00. The van der Waals surface area contributed by atoms with Crippen LogP contribution in [-0.4, -0.2) is 24.5 Å². The van der Waals surface area contributed by atoms with E-state index in [9.17, 15) is 0 Å². The molecule has 0 spiro atoms. The lowest BCUT2D eigenvalue weighted by Gasteiger charge is -2.32. The van der Waals surface area contributed by atoms with Crippen molar-refractivity contribution in [3.8, 4) is 0 Å². The predicted octanol–water partition coefficient (Wildman–Crippen LogP) is 1.20. The van der Waals surface area contributed by atoms with Crippen LogP contribution < -0.4 is 0 Å². The quantitative estimate of drug-likeness (QED) is 0.485. The van der Waals surface area contributed by atoms with E-state index in [1.165, 1.54) is 19.6 Å². The van der Waals surface area contributed by atoms with E-state index in [2.05, 4.69) is 11.8 Å². The molecule has 3 unspecified atom stereocenters. The largest absolute Gasteiger partial charge is 0.302 e. The molecule has 1 aliphatic carbocycles. The van der Waals surface area contributed by atoms with Gasteiger partial charge in [-0.3, -0.25) is 0 Å². The van der Waals surface area contributed by atoms with Gasteiger partial charge in [-0.1, -0.05) is 6.92 Å². The molecule has 1 nitrogen and oxygen atoms in total. The van der Waals surface area contributed by atoms with Gasteiger partial charge in [0.1, 0.15) is 0 Å². The molecule has 5 atom stereocenters. The molecule has 0 N–H and O–H groups in total. The SMILES string of the molecule is C[C@H]1C2CC3CN(C2)C[C@@H]31. The van der Waals surface area contributed by atoms with Crippen molar-refractivity contribution in [2.75, 3.05) is 19.6 Å². The second-order valence-corrected chi connectivity index (χ2v) is 4.50. The van der Waals surface area contributed by atoms with Gasteiger partial charge in [0.25, 0.3) is 0 Å². The van der Waals surface area contributed by atoms with Crippen molar-refractivity contribution >= 4 is 0 Å². The Hall–Kier alpha value is -0.0400. The van der Waals surface area contributed by atoms with Crippen LogP contribution >= 0.6 is 0 Å². The van der Waals surface area contributed by atoms with Gasteiger partial charge in [-0.05, 0) is 30.1 Å². The summed E-state index contributed by atoms with van der Waals surface area (Å²) < 4.78 is 0. The zero-order valence-electron chi connectivity index (χ0n) is 6.59. The van der Waals surface area contributed by atoms with Gasteiger partial charge in [0.15, 0.2) is 0 Å². The van der Waals surface area contributed by atoms with E-state index in [0.717, 1.165) is 23.7 Å². The minimum atomic E-state index is 1.06. The third-order valence-electron chi connectivity index (χ3n) is 4.08. The molecule has 0 aromatic heterocycles. The molecule has 4 rings (SSSR count). The van der Waals surface area contributed by atoms with Gasteiger partial charge in [0.2, 0.25) is 0 Å². The first-order valence-electron chi connectivity index (χ1n) is 4.57. The Morgan fingerprint density at radius 3 is 2.60 bits per heavy atom. The summed E-state index contributed by atoms with van der Waals surface area (Å²) >= 11 is 0. The standard InChI is InChI=1S/C9H15N/c1-6-7-2-8-4-10(3-7)5-9(6)8/h6-9H,2-5H2,1H3/t6-,7?,8?,9+/m0/s1. The highest BCUT2D eigenvalue weighted by molar-refractivity contribution is 5.02. The van der Waals surface area contributed by atoms with Gasteiger partial charge in [0, 0.05) is 19.6 Å². The minimum absolute atomic E-state index is 1.06. The first kappa shape index (κ1) is 5.59. The van der Waals surface area contributed by atoms with Gasteiger partial charge in [-0.25, -0.2) is 0 Å². The monoisotopic (exact) mass is 137 g/mol. The van der Waals surface area contributed by atoms with E-state index in [0.29, 0.717) is 0 Å². The van der Waals surface area contributed by atoms with E-state index >= 15 is 0 Å². The summed E-state index contributed by atoms with van der Waals surface area (Å²) in [5, 5.41) is 0. The number of nitrogens with zero attached hydrogens (tertiary/aromatic N) is 1. The van der Waals surface area contributed by atoms with Gasteiger partial charge in [-0.15, -0.1) is 0 Å². The van der Waals surface area contributed by atoms with Gasteiger partial charge >= 0.3 is 0 Å². The van der Waals surface area contributed by atoms with Gasteiger partial charge in [-0.2, -0.15) is 0 Å². The molecule has 3 aliphatic heterocycles. The van der Waals surface area contributed by atoms with Crippen LogP contribution in [0.15, 0.2) is 0 Å². The Balaban J connectivity index is 1.99. The summed E-state index contributed by atoms with van der Waals surface area (Å²) in [5.41, 5.74) is 0. The zero-order chi connectivity index (χ0) is 6.72. The van der Waals surface area contributed by atoms with Crippen molar-refractivity contribution in [2.24, 2.45) is 23.7 Å². The van der Waals surface area contributed by atoms with Crippen LogP contribution in [0.2, 0.25) is 0 Å². The fourth-order valence-electron chi connectivity index (χ4n) is 3.51. The highest BCUT2D eigenvalue weighted by atomic mass is 15.2. The van der Waals surface area contributed by atoms with Crippen LogP contribution in [0.4, 0.5) is 0 Å². The average Bonchev–Trinajstić information content (AvgIpc) is 2.31. The first-order chi connectivity index (χ1) is 4.84. The zero-order valence-corrected chi connectivity index (χ0v) is 6.59. The molecule has 3 heterocycles. The molecule has 1 heteroatoms. The van der Waals surface area contributed by atoms with Crippen LogP contribution in [0.5, 0.6) is 0 Å². The van der Waals surface area contributed by atoms with Crippen LogP contribution in [-0.2, 0) is 0 Å². The molecule has 4 aliphatic rings. The fourth-order valence-corrected chi connectivity index (χ4v) is 3.51. The Bertz CT molecular complexity index is 160. The maximum atomic E-state index is 2.67. The third kappa shape index (κ3) is 0.493. The highest BCUT2D eigenvalue weighted by Gasteiger charge is 2.50. The molecule has 4 bridgehead atoms. The molecule has 0 aromatic rings. The summed E-state index contributed by atoms with van der Waals surface area (Å²) in [6, 6.07) is 0. The molecule has 0 radical (unpaired) electrons. The Labute approximate surface area is 62.4 Å². The van der Waals surface area contributed by atoms with Gasteiger partial charge in [0.05, 0.1) is 0 Å². The topological polar surface area (TPSA) is 3.24 Å². The summed E-state index contributed by atoms with van der Waals surface area (Å²) in [5.74, 6) is 4.34. The van der Waals surface area contributed by atoms with Gasteiger partial charge < -0.3 is 4.90 Å². The van der Waals surface area contributed by atoms with E-state index in [4.69, 9.17) is 0 Å². The lowest BCUT2D eigenvalue weighted by molar-refractivity contribution is 0.154. The number of hydrogen-bond acceptors (Lipinski definition) is 1. The summed E-state index contributed by atoms with van der Waals surface area (Å²) in [7, 11) is 0. The lowest BCUT2D eigenvalue weighted by Crippen LogP contribution is -2.37. The summed E-state index contributed by atoms with van der Waals surface area (Å²) in [6.45, 7) is 6.76. The van der Waals surface area contributed by atoms with Crippen LogP contribution in [0, 0.1) is 23.7 Å². The van der Waals surface area contributed by atoms with E-state index in [1.807, 2.05) is 0 Å². The molecular weight excluding hydrogens is 122 g/mol. The third-order valence-corrected chi connectivity index (χ3v) is 4.08. The van der Waals surface area contributed by atoms with Crippen molar-refractivity contribution in [3.05, 3.63) is 0 Å². The maximum Gasteiger partial charge on any atom is 0.00157 e. The molecule has 0 aromatic carbocycles. The normalized spacial score (nSPS) is 63.9. The van der Waals surface area contributed by atoms with E-state index < -0.39 is 0 Å². The Morgan fingerprint density at radius 2 is 1.90 bits per heavy atom. The van der Waals surface area contributed by atoms with Crippen molar-refractivity contribution in [3.63, 3.8) is 0 Å². The molecule has 3 saturated heterocycles. The molecule has 56 valence electrons. The maximum absolute atomic E-state index is 2.67. The average molecular weight is 137 g/mol. The second kappa shape index (κ2) is 1.58. The Morgan fingerprint density at radius 1 is 1.10 bits per heavy atom. The number of piperidine rings is 2. The lowest BCUT2D eigenvalue weighted by atomic mass is 9.88. The minimum Gasteiger partial charge on any atom is -0.302 e. The first-order valence-corrected chi connectivity index (χ1v) is 4.57. The highest BCUT2D eigenvalue weighted by Crippen LogP contribution is 2.50. The molecule has 10 heavy (non-hydrogen) atoms. The van der Waals surface area contributed by atoms with E-state index in [1.54, 1.807) is 6.42 Å². The summed E-state index contributed by atoms with van der Waals surface area (Å²) in [6.07, 6.45) is 1.56. The summed E-state index contributed by atoms with van der Waals surface area (Å²) in [4.78, 5) is 2.67. The van der Waals surface area contributed by atoms with Crippen LogP contribution in [0.3, 0.4) is 0 Å². The molecule has 4 fully saturated rings. The van der Waals surface area contributed by atoms with Crippen molar-refractivity contribution in [2.45, 2.75) is 13.3 Å².